The van der Waals surface area contributed by atoms with Gasteiger partial charge in [0.1, 0.15) is 0 Å². The van der Waals surface area contributed by atoms with E-state index in [-0.39, 0.29) is 18.4 Å². The molecular weight excluding hydrogens is 256 g/mol. The van der Waals surface area contributed by atoms with Gasteiger partial charge < -0.3 is 5.32 Å². The zero-order valence-corrected chi connectivity index (χ0v) is 12.1. The number of rotatable bonds is 4. The van der Waals surface area contributed by atoms with E-state index in [1.165, 1.54) is 0 Å². The maximum Gasteiger partial charge on any atom is 0.246 e. The molecule has 0 aromatic carbocycles. The highest BCUT2D eigenvalue weighted by molar-refractivity contribution is 6.02. The van der Waals surface area contributed by atoms with Gasteiger partial charge in [-0.05, 0) is 32.9 Å². The summed E-state index contributed by atoms with van der Waals surface area (Å²) in [5.74, 6) is -0.534. The van der Waals surface area contributed by atoms with E-state index < -0.39 is 5.54 Å². The zero-order chi connectivity index (χ0) is 14.8. The van der Waals surface area contributed by atoms with Crippen molar-refractivity contribution in [3.8, 4) is 0 Å². The van der Waals surface area contributed by atoms with E-state index in [0.717, 1.165) is 17.9 Å². The lowest BCUT2D eigenvalue weighted by Gasteiger charge is -2.39. The molecule has 0 radical (unpaired) electrons. The normalized spacial score (nSPS) is 18.8. The number of imide groups is 1. The number of piperazine rings is 1. The molecule has 1 aromatic heterocycles. The molecule has 0 atom stereocenters. The van der Waals surface area contributed by atoms with Gasteiger partial charge in [0.15, 0.2) is 0 Å². The van der Waals surface area contributed by atoms with Crippen LogP contribution >= 0.6 is 0 Å². The number of pyridine rings is 1. The number of aromatic nitrogens is 1. The SMILES string of the molecule is CCNc1ccnc(CN2CC(=O)NC(=O)C2(C)C)c1. The molecule has 1 fully saturated rings. The molecule has 2 N–H and O–H groups in total. The van der Waals surface area contributed by atoms with Gasteiger partial charge in [-0.1, -0.05) is 0 Å². The molecule has 0 bridgehead atoms. The summed E-state index contributed by atoms with van der Waals surface area (Å²) in [6, 6.07) is 3.84. The van der Waals surface area contributed by atoms with Gasteiger partial charge in [0.05, 0.1) is 17.8 Å². The van der Waals surface area contributed by atoms with Gasteiger partial charge in [-0.15, -0.1) is 0 Å². The van der Waals surface area contributed by atoms with Crippen molar-refractivity contribution in [3.63, 3.8) is 0 Å². The highest BCUT2D eigenvalue weighted by atomic mass is 16.2. The Morgan fingerprint density at radius 1 is 1.45 bits per heavy atom. The number of carbonyl (C=O) groups excluding carboxylic acids is 2. The van der Waals surface area contributed by atoms with Crippen molar-refractivity contribution in [2.75, 3.05) is 18.4 Å². The summed E-state index contributed by atoms with van der Waals surface area (Å²) in [5, 5.41) is 5.58. The van der Waals surface area contributed by atoms with Crippen LogP contribution in [0.5, 0.6) is 0 Å². The molecule has 20 heavy (non-hydrogen) atoms. The Morgan fingerprint density at radius 3 is 2.90 bits per heavy atom. The Morgan fingerprint density at radius 2 is 2.20 bits per heavy atom. The smallest absolute Gasteiger partial charge is 0.246 e. The van der Waals surface area contributed by atoms with Crippen molar-refractivity contribution in [3.05, 3.63) is 24.0 Å². The first-order valence-electron chi connectivity index (χ1n) is 6.71. The van der Waals surface area contributed by atoms with Crippen molar-refractivity contribution in [1.29, 1.82) is 0 Å². The summed E-state index contributed by atoms with van der Waals surface area (Å²) < 4.78 is 0. The van der Waals surface area contributed by atoms with Crippen LogP contribution in [0.4, 0.5) is 5.69 Å². The monoisotopic (exact) mass is 276 g/mol. The molecule has 6 heteroatoms. The lowest BCUT2D eigenvalue weighted by Crippen LogP contribution is -2.63. The molecule has 1 aliphatic heterocycles. The predicted octanol–water partition coefficient (Wildman–Crippen LogP) is 0.750. The second kappa shape index (κ2) is 5.58. The fourth-order valence-electron chi connectivity index (χ4n) is 2.16. The number of anilines is 1. The van der Waals surface area contributed by atoms with Crippen LogP contribution in [0.25, 0.3) is 0 Å². The zero-order valence-electron chi connectivity index (χ0n) is 12.1. The molecule has 0 saturated carbocycles. The van der Waals surface area contributed by atoms with Crippen molar-refractivity contribution in [2.24, 2.45) is 0 Å². The van der Waals surface area contributed by atoms with Gasteiger partial charge >= 0.3 is 0 Å². The minimum absolute atomic E-state index is 0.200. The van der Waals surface area contributed by atoms with E-state index in [4.69, 9.17) is 0 Å². The minimum Gasteiger partial charge on any atom is -0.385 e. The first-order valence-corrected chi connectivity index (χ1v) is 6.71. The van der Waals surface area contributed by atoms with Crippen molar-refractivity contribution in [1.82, 2.24) is 15.2 Å². The van der Waals surface area contributed by atoms with Crippen LogP contribution in [-0.2, 0) is 16.1 Å². The third-order valence-electron chi connectivity index (χ3n) is 3.48. The van der Waals surface area contributed by atoms with Crippen molar-refractivity contribution in [2.45, 2.75) is 32.9 Å². The lowest BCUT2D eigenvalue weighted by atomic mass is 9.98. The summed E-state index contributed by atoms with van der Waals surface area (Å²) in [6.07, 6.45) is 1.73. The highest BCUT2D eigenvalue weighted by Crippen LogP contribution is 2.21. The van der Waals surface area contributed by atoms with Gasteiger partial charge in [0.25, 0.3) is 0 Å². The second-order valence-corrected chi connectivity index (χ2v) is 5.36. The van der Waals surface area contributed by atoms with Crippen LogP contribution in [-0.4, -0.2) is 40.3 Å². The molecule has 108 valence electrons. The van der Waals surface area contributed by atoms with E-state index >= 15 is 0 Å². The standard InChI is InChI=1S/C14H20N4O2/c1-4-15-10-5-6-16-11(7-10)8-18-9-12(19)17-13(20)14(18,2)3/h5-7H,4,8-9H2,1-3H3,(H,15,16)(H,17,19,20). The first-order chi connectivity index (χ1) is 9.43. The van der Waals surface area contributed by atoms with Crippen LogP contribution in [0.15, 0.2) is 18.3 Å². The first kappa shape index (κ1) is 14.5. The highest BCUT2D eigenvalue weighted by Gasteiger charge is 2.40. The molecule has 1 saturated heterocycles. The molecular formula is C14H20N4O2. The fourth-order valence-corrected chi connectivity index (χ4v) is 2.16. The fraction of sp³-hybridized carbons (Fsp3) is 0.500. The van der Waals surface area contributed by atoms with E-state index in [1.54, 1.807) is 6.20 Å². The van der Waals surface area contributed by atoms with E-state index in [1.807, 2.05) is 37.8 Å². The Labute approximate surface area is 118 Å². The third kappa shape index (κ3) is 2.96. The second-order valence-electron chi connectivity index (χ2n) is 5.36. The molecule has 2 heterocycles. The summed E-state index contributed by atoms with van der Waals surface area (Å²) >= 11 is 0. The number of nitrogens with one attached hydrogen (secondary N) is 2. The summed E-state index contributed by atoms with van der Waals surface area (Å²) in [4.78, 5) is 29.6. The van der Waals surface area contributed by atoms with E-state index in [2.05, 4.69) is 15.6 Å². The van der Waals surface area contributed by atoms with E-state index in [9.17, 15) is 9.59 Å². The molecule has 0 spiro atoms. The lowest BCUT2D eigenvalue weighted by molar-refractivity contribution is -0.145. The van der Waals surface area contributed by atoms with Crippen LogP contribution in [0.3, 0.4) is 0 Å². The van der Waals surface area contributed by atoms with Gasteiger partial charge in [-0.3, -0.25) is 24.8 Å². The van der Waals surface area contributed by atoms with Crippen LogP contribution in [0, 0.1) is 0 Å². The van der Waals surface area contributed by atoms with Crippen LogP contribution < -0.4 is 10.6 Å². The van der Waals surface area contributed by atoms with Gasteiger partial charge in [-0.2, -0.15) is 0 Å². The van der Waals surface area contributed by atoms with Gasteiger partial charge in [0.2, 0.25) is 11.8 Å². The maximum atomic E-state index is 11.9. The third-order valence-corrected chi connectivity index (χ3v) is 3.48. The molecule has 1 aliphatic rings. The largest absolute Gasteiger partial charge is 0.385 e. The molecule has 0 unspecified atom stereocenters. The van der Waals surface area contributed by atoms with Crippen molar-refractivity contribution >= 4 is 17.5 Å². The molecule has 2 rings (SSSR count). The summed E-state index contributed by atoms with van der Waals surface area (Å²) in [5.41, 5.74) is 1.10. The topological polar surface area (TPSA) is 74.3 Å². The number of nitrogens with zero attached hydrogens (tertiary/aromatic N) is 2. The Hall–Kier alpha value is -1.95. The summed E-state index contributed by atoms with van der Waals surface area (Å²) in [6.45, 7) is 7.14. The maximum absolute atomic E-state index is 11.9. The molecule has 1 aromatic rings. The Kier molecular flexibility index (Phi) is 4.04. The minimum atomic E-state index is -0.718. The molecule has 0 aliphatic carbocycles. The van der Waals surface area contributed by atoms with Crippen LogP contribution in [0.2, 0.25) is 0 Å². The quantitative estimate of drug-likeness (QED) is 0.794. The average molecular weight is 276 g/mol. The number of carbonyl (C=O) groups is 2. The number of hydrogen-bond donors (Lipinski definition) is 2. The Balaban J connectivity index is 2.17. The number of hydrogen-bond acceptors (Lipinski definition) is 5. The molecule has 2 amide bonds. The summed E-state index contributed by atoms with van der Waals surface area (Å²) in [7, 11) is 0. The van der Waals surface area contributed by atoms with Crippen molar-refractivity contribution < 1.29 is 9.59 Å². The number of amides is 2. The Bertz CT molecular complexity index is 528. The van der Waals surface area contributed by atoms with Gasteiger partial charge in [-0.25, -0.2) is 0 Å². The van der Waals surface area contributed by atoms with Crippen LogP contribution in [0.1, 0.15) is 26.5 Å². The average Bonchev–Trinajstić information content (AvgIpc) is 2.37. The predicted molar refractivity (Wildman–Crippen MR) is 76.0 cm³/mol. The molecule has 6 nitrogen and oxygen atoms in total. The van der Waals surface area contributed by atoms with E-state index in [0.29, 0.717) is 6.54 Å². The van der Waals surface area contributed by atoms with Gasteiger partial charge in [0, 0.05) is 25.0 Å².